The Morgan fingerprint density at radius 3 is 2.54 bits per heavy atom. The molecule has 0 heterocycles. The fraction of sp³-hybridized carbons (Fsp3) is 0.526. The highest BCUT2D eigenvalue weighted by atomic mass is 16.5. The van der Waals surface area contributed by atoms with Crippen LogP contribution in [-0.2, 0) is 14.3 Å². The van der Waals surface area contributed by atoms with Gasteiger partial charge in [-0.2, -0.15) is 5.26 Å². The van der Waals surface area contributed by atoms with E-state index >= 15 is 0 Å². The maximum absolute atomic E-state index is 12.0. The van der Waals surface area contributed by atoms with Gasteiger partial charge in [-0.25, -0.2) is 0 Å². The topological polar surface area (TPSA) is 79.2 Å². The summed E-state index contributed by atoms with van der Waals surface area (Å²) in [4.78, 5) is 23.9. The van der Waals surface area contributed by atoms with Crippen molar-refractivity contribution in [3.8, 4) is 6.07 Å². The third-order valence-corrected chi connectivity index (χ3v) is 4.51. The summed E-state index contributed by atoms with van der Waals surface area (Å²) in [5, 5.41) is 12.1. The van der Waals surface area contributed by atoms with Crippen molar-refractivity contribution in [2.45, 2.75) is 56.9 Å². The van der Waals surface area contributed by atoms with Crippen molar-refractivity contribution in [1.82, 2.24) is 5.32 Å². The largest absolute Gasteiger partial charge is 0.456 e. The van der Waals surface area contributed by atoms with Crippen LogP contribution in [0.15, 0.2) is 30.3 Å². The zero-order chi connectivity index (χ0) is 17.4. The number of carbonyl (C=O) groups excluding carboxylic acids is 2. The Morgan fingerprint density at radius 1 is 1.25 bits per heavy atom. The number of rotatable bonds is 6. The van der Waals surface area contributed by atoms with E-state index in [9.17, 15) is 14.9 Å². The lowest BCUT2D eigenvalue weighted by Gasteiger charge is -2.31. The second-order valence-electron chi connectivity index (χ2n) is 6.48. The Balaban J connectivity index is 1.77. The molecule has 1 atom stereocenters. The molecule has 0 aromatic heterocycles. The van der Waals surface area contributed by atoms with Gasteiger partial charge in [0.1, 0.15) is 5.54 Å². The van der Waals surface area contributed by atoms with E-state index < -0.39 is 17.4 Å². The minimum atomic E-state index is -0.793. The Morgan fingerprint density at radius 2 is 1.92 bits per heavy atom. The molecule has 1 aromatic carbocycles. The lowest BCUT2D eigenvalue weighted by molar-refractivity contribution is -0.149. The van der Waals surface area contributed by atoms with E-state index in [1.165, 1.54) is 0 Å². The van der Waals surface area contributed by atoms with Crippen LogP contribution in [0.25, 0.3) is 0 Å². The number of esters is 1. The average Bonchev–Trinajstić information content (AvgIpc) is 2.61. The summed E-state index contributed by atoms with van der Waals surface area (Å²) in [5.41, 5.74) is 0.267. The molecular weight excluding hydrogens is 304 g/mol. The molecule has 0 bridgehead atoms. The molecule has 5 nitrogen and oxygen atoms in total. The first-order valence-corrected chi connectivity index (χ1v) is 8.47. The molecule has 1 amide bonds. The van der Waals surface area contributed by atoms with Gasteiger partial charge in [0.25, 0.3) is 5.91 Å². The van der Waals surface area contributed by atoms with Crippen molar-refractivity contribution < 1.29 is 14.3 Å². The third kappa shape index (κ3) is 5.09. The SMILES string of the molecule is C[C@H](CC(=O)OCC(=O)NC1(C#N)CCCCC1)c1ccccc1. The fourth-order valence-corrected chi connectivity index (χ4v) is 3.08. The Bertz CT molecular complexity index is 601. The number of nitriles is 1. The van der Waals surface area contributed by atoms with Crippen LogP contribution in [0.4, 0.5) is 0 Å². The molecule has 1 aromatic rings. The first-order chi connectivity index (χ1) is 11.5. The van der Waals surface area contributed by atoms with Gasteiger partial charge in [0, 0.05) is 0 Å². The minimum absolute atomic E-state index is 0.0329. The summed E-state index contributed by atoms with van der Waals surface area (Å²) in [6.45, 7) is 1.62. The van der Waals surface area contributed by atoms with Crippen molar-refractivity contribution in [1.29, 1.82) is 5.26 Å². The normalized spacial score (nSPS) is 17.3. The standard InChI is InChI=1S/C19H24N2O3/c1-15(16-8-4-2-5-9-16)12-18(23)24-13-17(22)21-19(14-20)10-6-3-7-11-19/h2,4-5,8-9,15H,3,6-7,10-13H2,1H3,(H,21,22)/t15-/m1/s1. The molecule has 128 valence electrons. The van der Waals surface area contributed by atoms with E-state index in [1.54, 1.807) is 0 Å². The van der Waals surface area contributed by atoms with Gasteiger partial charge in [-0.15, -0.1) is 0 Å². The fourth-order valence-electron chi connectivity index (χ4n) is 3.08. The highest BCUT2D eigenvalue weighted by Gasteiger charge is 2.33. The Hall–Kier alpha value is -2.35. The third-order valence-electron chi connectivity index (χ3n) is 4.51. The summed E-state index contributed by atoms with van der Waals surface area (Å²) in [6.07, 6.45) is 4.50. The smallest absolute Gasteiger partial charge is 0.306 e. The van der Waals surface area contributed by atoms with E-state index in [4.69, 9.17) is 4.74 Å². The van der Waals surface area contributed by atoms with Crippen LogP contribution in [0.5, 0.6) is 0 Å². The Kier molecular flexibility index (Phi) is 6.36. The van der Waals surface area contributed by atoms with Gasteiger partial charge < -0.3 is 10.1 Å². The molecule has 0 unspecified atom stereocenters. The molecule has 1 saturated carbocycles. The average molecular weight is 328 g/mol. The number of carbonyl (C=O) groups is 2. The molecule has 1 N–H and O–H groups in total. The number of amides is 1. The summed E-state index contributed by atoms with van der Waals surface area (Å²) in [7, 11) is 0. The van der Waals surface area contributed by atoms with E-state index in [-0.39, 0.29) is 18.9 Å². The maximum atomic E-state index is 12.0. The number of benzene rings is 1. The van der Waals surface area contributed by atoms with E-state index in [0.29, 0.717) is 12.8 Å². The van der Waals surface area contributed by atoms with Crippen molar-refractivity contribution in [2.24, 2.45) is 0 Å². The van der Waals surface area contributed by atoms with Gasteiger partial charge >= 0.3 is 5.97 Å². The quantitative estimate of drug-likeness (QED) is 0.814. The molecular formula is C19H24N2O3. The second kappa shape index (κ2) is 8.49. The van der Waals surface area contributed by atoms with Gasteiger partial charge in [0.2, 0.25) is 0 Å². The van der Waals surface area contributed by atoms with Gasteiger partial charge in [0.05, 0.1) is 12.5 Å². The molecule has 0 aliphatic heterocycles. The summed E-state index contributed by atoms with van der Waals surface area (Å²) in [5.74, 6) is -0.777. The molecule has 1 aliphatic rings. The van der Waals surface area contributed by atoms with Crippen LogP contribution in [-0.4, -0.2) is 24.0 Å². The van der Waals surface area contributed by atoms with E-state index in [1.807, 2.05) is 37.3 Å². The van der Waals surface area contributed by atoms with Gasteiger partial charge in [-0.05, 0) is 24.3 Å². The molecule has 5 heteroatoms. The number of nitrogens with one attached hydrogen (secondary N) is 1. The van der Waals surface area contributed by atoms with Crippen LogP contribution >= 0.6 is 0 Å². The van der Waals surface area contributed by atoms with Crippen LogP contribution in [0.3, 0.4) is 0 Å². The number of nitrogens with zero attached hydrogens (tertiary/aromatic N) is 1. The first-order valence-electron chi connectivity index (χ1n) is 8.47. The molecule has 24 heavy (non-hydrogen) atoms. The van der Waals surface area contributed by atoms with Crippen molar-refractivity contribution in [2.75, 3.05) is 6.61 Å². The molecule has 1 aliphatic carbocycles. The summed E-state index contributed by atoms with van der Waals surface area (Å²) < 4.78 is 5.07. The molecule has 0 radical (unpaired) electrons. The van der Waals surface area contributed by atoms with E-state index in [0.717, 1.165) is 24.8 Å². The lowest BCUT2D eigenvalue weighted by atomic mass is 9.83. The monoisotopic (exact) mass is 328 g/mol. The number of ether oxygens (including phenoxy) is 1. The zero-order valence-electron chi connectivity index (χ0n) is 14.1. The lowest BCUT2D eigenvalue weighted by Crippen LogP contribution is -2.50. The molecule has 2 rings (SSSR count). The highest BCUT2D eigenvalue weighted by Crippen LogP contribution is 2.27. The van der Waals surface area contributed by atoms with Gasteiger partial charge in [-0.3, -0.25) is 9.59 Å². The minimum Gasteiger partial charge on any atom is -0.456 e. The zero-order valence-corrected chi connectivity index (χ0v) is 14.1. The van der Waals surface area contributed by atoms with Gasteiger partial charge in [-0.1, -0.05) is 56.5 Å². The Labute approximate surface area is 143 Å². The van der Waals surface area contributed by atoms with Crippen LogP contribution in [0.1, 0.15) is 56.9 Å². The molecule has 0 saturated heterocycles. The summed E-state index contributed by atoms with van der Waals surface area (Å²) in [6, 6.07) is 11.9. The number of hydrogen-bond acceptors (Lipinski definition) is 4. The second-order valence-corrected chi connectivity index (χ2v) is 6.48. The van der Waals surface area contributed by atoms with Crippen molar-refractivity contribution in [3.05, 3.63) is 35.9 Å². The maximum Gasteiger partial charge on any atom is 0.306 e. The van der Waals surface area contributed by atoms with Gasteiger partial charge in [0.15, 0.2) is 6.61 Å². The molecule has 1 fully saturated rings. The van der Waals surface area contributed by atoms with E-state index in [2.05, 4.69) is 11.4 Å². The predicted octanol–water partition coefficient (Wildman–Crippen LogP) is 3.07. The van der Waals surface area contributed by atoms with Crippen LogP contribution in [0, 0.1) is 11.3 Å². The summed E-state index contributed by atoms with van der Waals surface area (Å²) >= 11 is 0. The number of hydrogen-bond donors (Lipinski definition) is 1. The van der Waals surface area contributed by atoms with Crippen molar-refractivity contribution in [3.63, 3.8) is 0 Å². The van der Waals surface area contributed by atoms with Crippen LogP contribution < -0.4 is 5.32 Å². The molecule has 0 spiro atoms. The first kappa shape index (κ1) is 18.0. The van der Waals surface area contributed by atoms with Crippen LogP contribution in [0.2, 0.25) is 0 Å². The van der Waals surface area contributed by atoms with Crippen molar-refractivity contribution >= 4 is 11.9 Å². The predicted molar refractivity (Wildman–Crippen MR) is 90.0 cm³/mol. The highest BCUT2D eigenvalue weighted by molar-refractivity contribution is 5.81.